The van der Waals surface area contributed by atoms with Crippen molar-refractivity contribution in [2.24, 2.45) is 0 Å². The SMILES string of the molecule is C[C@H](Sc1ccc(Cl)cc1)C(=O)Nc1ccc(Cl)c(C(F)(F)F)c1. The van der Waals surface area contributed by atoms with E-state index in [2.05, 4.69) is 5.32 Å². The van der Waals surface area contributed by atoms with Crippen molar-refractivity contribution >= 4 is 46.6 Å². The van der Waals surface area contributed by atoms with Gasteiger partial charge in [0.2, 0.25) is 5.91 Å². The number of rotatable bonds is 4. The van der Waals surface area contributed by atoms with Crippen molar-refractivity contribution in [1.82, 2.24) is 0 Å². The molecule has 1 atom stereocenters. The molecule has 0 aromatic heterocycles. The van der Waals surface area contributed by atoms with Crippen molar-refractivity contribution < 1.29 is 18.0 Å². The van der Waals surface area contributed by atoms with E-state index >= 15 is 0 Å². The number of alkyl halides is 3. The van der Waals surface area contributed by atoms with Gasteiger partial charge in [0.1, 0.15) is 0 Å². The lowest BCUT2D eigenvalue weighted by Crippen LogP contribution is -2.22. The van der Waals surface area contributed by atoms with E-state index in [9.17, 15) is 18.0 Å². The third-order valence-corrected chi connectivity index (χ3v) is 4.73. The standard InChI is InChI=1S/C16H12Cl2F3NOS/c1-9(24-12-5-2-10(17)3-6-12)15(23)22-11-4-7-14(18)13(8-11)16(19,20)21/h2-9H,1H3,(H,22,23)/t9-/m0/s1. The number of benzene rings is 2. The molecule has 24 heavy (non-hydrogen) atoms. The van der Waals surface area contributed by atoms with Crippen LogP contribution in [0.1, 0.15) is 12.5 Å². The van der Waals surface area contributed by atoms with Gasteiger partial charge in [-0.1, -0.05) is 23.2 Å². The molecule has 0 bridgehead atoms. The molecule has 2 rings (SSSR count). The molecule has 1 amide bonds. The summed E-state index contributed by atoms with van der Waals surface area (Å²) in [6.07, 6.45) is -4.58. The summed E-state index contributed by atoms with van der Waals surface area (Å²) in [5.41, 5.74) is -0.944. The molecule has 0 unspecified atom stereocenters. The Balaban J connectivity index is 2.07. The van der Waals surface area contributed by atoms with Gasteiger partial charge in [-0.15, -0.1) is 11.8 Å². The van der Waals surface area contributed by atoms with E-state index < -0.39 is 27.9 Å². The van der Waals surface area contributed by atoms with Gasteiger partial charge in [-0.2, -0.15) is 13.2 Å². The first-order chi connectivity index (χ1) is 11.2. The molecule has 0 fully saturated rings. The second-order valence-corrected chi connectivity index (χ2v) is 7.15. The average Bonchev–Trinajstić information content (AvgIpc) is 2.50. The Hall–Kier alpha value is -1.37. The fourth-order valence-corrected chi connectivity index (χ4v) is 3.05. The fraction of sp³-hybridized carbons (Fsp3) is 0.188. The van der Waals surface area contributed by atoms with Crippen LogP contribution in [0, 0.1) is 0 Å². The quantitative estimate of drug-likeness (QED) is 0.632. The van der Waals surface area contributed by atoms with Crippen LogP contribution in [0.4, 0.5) is 18.9 Å². The third kappa shape index (κ3) is 5.06. The highest BCUT2D eigenvalue weighted by Gasteiger charge is 2.33. The van der Waals surface area contributed by atoms with Crippen LogP contribution in [-0.4, -0.2) is 11.2 Å². The monoisotopic (exact) mass is 393 g/mol. The molecule has 0 aliphatic heterocycles. The predicted molar refractivity (Wildman–Crippen MR) is 91.9 cm³/mol. The normalized spacial score (nSPS) is 12.8. The van der Waals surface area contributed by atoms with Crippen LogP contribution < -0.4 is 5.32 Å². The number of thioether (sulfide) groups is 1. The molecule has 128 valence electrons. The van der Waals surface area contributed by atoms with Crippen molar-refractivity contribution in [1.29, 1.82) is 0 Å². The number of amides is 1. The van der Waals surface area contributed by atoms with E-state index in [1.54, 1.807) is 31.2 Å². The largest absolute Gasteiger partial charge is 0.417 e. The Morgan fingerprint density at radius 1 is 1.12 bits per heavy atom. The number of hydrogen-bond acceptors (Lipinski definition) is 2. The van der Waals surface area contributed by atoms with Crippen LogP contribution >= 0.6 is 35.0 Å². The summed E-state index contributed by atoms with van der Waals surface area (Å²) >= 11 is 12.6. The molecule has 0 spiro atoms. The summed E-state index contributed by atoms with van der Waals surface area (Å²) in [7, 11) is 0. The Morgan fingerprint density at radius 3 is 2.33 bits per heavy atom. The maximum atomic E-state index is 12.8. The zero-order chi connectivity index (χ0) is 17.9. The highest BCUT2D eigenvalue weighted by molar-refractivity contribution is 8.00. The van der Waals surface area contributed by atoms with Crippen LogP contribution in [0.2, 0.25) is 10.0 Å². The maximum absolute atomic E-state index is 12.8. The van der Waals surface area contributed by atoms with Gasteiger partial charge in [-0.3, -0.25) is 4.79 Å². The van der Waals surface area contributed by atoms with E-state index in [0.29, 0.717) is 5.02 Å². The van der Waals surface area contributed by atoms with Crippen LogP contribution in [0.5, 0.6) is 0 Å². The first kappa shape index (κ1) is 19.0. The molecule has 2 aromatic carbocycles. The molecule has 0 saturated heterocycles. The van der Waals surface area contributed by atoms with Gasteiger partial charge in [0.05, 0.1) is 15.8 Å². The van der Waals surface area contributed by atoms with E-state index in [1.807, 2.05) is 0 Å². The molecule has 2 aromatic rings. The zero-order valence-electron chi connectivity index (χ0n) is 12.3. The molecule has 0 radical (unpaired) electrons. The molecule has 0 aliphatic carbocycles. The molecule has 8 heteroatoms. The second-order valence-electron chi connectivity index (χ2n) is 4.90. The average molecular weight is 394 g/mol. The lowest BCUT2D eigenvalue weighted by Gasteiger charge is -2.14. The topological polar surface area (TPSA) is 29.1 Å². The van der Waals surface area contributed by atoms with E-state index in [4.69, 9.17) is 23.2 Å². The number of halogens is 5. The smallest absolute Gasteiger partial charge is 0.325 e. The van der Waals surface area contributed by atoms with Crippen molar-refractivity contribution in [2.75, 3.05) is 5.32 Å². The molecular formula is C16H12Cl2F3NOS. The van der Waals surface area contributed by atoms with Gasteiger partial charge in [-0.25, -0.2) is 0 Å². The van der Waals surface area contributed by atoms with Gasteiger partial charge in [0, 0.05) is 15.6 Å². The fourth-order valence-electron chi connectivity index (χ4n) is 1.83. The summed E-state index contributed by atoms with van der Waals surface area (Å²) in [6.45, 7) is 1.66. The Bertz CT molecular complexity index is 735. The van der Waals surface area contributed by atoms with Gasteiger partial charge >= 0.3 is 6.18 Å². The van der Waals surface area contributed by atoms with Gasteiger partial charge in [0.15, 0.2) is 0 Å². The van der Waals surface area contributed by atoms with E-state index in [0.717, 1.165) is 17.0 Å². The molecule has 2 nitrogen and oxygen atoms in total. The van der Waals surface area contributed by atoms with Gasteiger partial charge < -0.3 is 5.32 Å². The number of carbonyl (C=O) groups is 1. The highest BCUT2D eigenvalue weighted by atomic mass is 35.5. The predicted octanol–water partition coefficient (Wildman–Crippen LogP) is 6.13. The Labute approximate surface area is 151 Å². The summed E-state index contributed by atoms with van der Waals surface area (Å²) in [5, 5.41) is 2.13. The van der Waals surface area contributed by atoms with Crippen molar-refractivity contribution in [3.63, 3.8) is 0 Å². The number of anilines is 1. The Kier molecular flexibility index (Phi) is 6.06. The maximum Gasteiger partial charge on any atom is 0.417 e. The molecular weight excluding hydrogens is 382 g/mol. The van der Waals surface area contributed by atoms with Crippen LogP contribution in [-0.2, 0) is 11.0 Å². The second kappa shape index (κ2) is 7.68. The van der Waals surface area contributed by atoms with Gasteiger partial charge in [0.25, 0.3) is 0 Å². The summed E-state index contributed by atoms with van der Waals surface area (Å²) in [5.74, 6) is -0.412. The molecule has 1 N–H and O–H groups in total. The number of nitrogens with one attached hydrogen (secondary N) is 1. The van der Waals surface area contributed by atoms with E-state index in [1.165, 1.54) is 17.8 Å². The van der Waals surface area contributed by atoms with Crippen LogP contribution in [0.3, 0.4) is 0 Å². The van der Waals surface area contributed by atoms with Crippen molar-refractivity contribution in [3.05, 3.63) is 58.1 Å². The number of hydrogen-bond donors (Lipinski definition) is 1. The van der Waals surface area contributed by atoms with Crippen LogP contribution in [0.25, 0.3) is 0 Å². The van der Waals surface area contributed by atoms with Gasteiger partial charge in [-0.05, 0) is 49.4 Å². The minimum Gasteiger partial charge on any atom is -0.325 e. The lowest BCUT2D eigenvalue weighted by atomic mass is 10.2. The first-order valence-corrected chi connectivity index (χ1v) is 8.40. The first-order valence-electron chi connectivity index (χ1n) is 6.76. The summed E-state index contributed by atoms with van der Waals surface area (Å²) in [6, 6.07) is 10.2. The van der Waals surface area contributed by atoms with Crippen molar-refractivity contribution in [3.8, 4) is 0 Å². The number of carbonyl (C=O) groups excluding carboxylic acids is 1. The third-order valence-electron chi connectivity index (χ3n) is 3.04. The van der Waals surface area contributed by atoms with Crippen LogP contribution in [0.15, 0.2) is 47.4 Å². The summed E-state index contributed by atoms with van der Waals surface area (Å²) < 4.78 is 38.5. The Morgan fingerprint density at radius 2 is 1.75 bits per heavy atom. The zero-order valence-corrected chi connectivity index (χ0v) is 14.7. The van der Waals surface area contributed by atoms with E-state index in [-0.39, 0.29) is 5.69 Å². The minimum atomic E-state index is -4.58. The molecule has 0 aliphatic rings. The highest BCUT2D eigenvalue weighted by Crippen LogP contribution is 2.36. The molecule has 0 heterocycles. The minimum absolute atomic E-state index is 0.0419. The molecule has 0 saturated carbocycles. The lowest BCUT2D eigenvalue weighted by molar-refractivity contribution is -0.137. The van der Waals surface area contributed by atoms with Crippen molar-refractivity contribution in [2.45, 2.75) is 23.2 Å². The summed E-state index contributed by atoms with van der Waals surface area (Å²) in [4.78, 5) is 13.0.